The maximum atomic E-state index is 12.1. The van der Waals surface area contributed by atoms with E-state index in [-0.39, 0.29) is 11.3 Å². The van der Waals surface area contributed by atoms with Crippen molar-refractivity contribution in [2.75, 3.05) is 6.54 Å². The van der Waals surface area contributed by atoms with Gasteiger partial charge in [-0.2, -0.15) is 0 Å². The molecule has 1 aromatic rings. The molecule has 7 heteroatoms. The zero-order valence-corrected chi connectivity index (χ0v) is 13.4. The Morgan fingerprint density at radius 3 is 2.59 bits per heavy atom. The van der Waals surface area contributed by atoms with E-state index in [9.17, 15) is 14.7 Å². The molecule has 5 N–H and O–H groups in total. The first-order valence-electron chi connectivity index (χ1n) is 7.06. The highest BCUT2D eigenvalue weighted by Gasteiger charge is 2.45. The third-order valence-electron chi connectivity index (χ3n) is 3.64. The monoisotopic (exact) mass is 323 g/mol. The van der Waals surface area contributed by atoms with E-state index in [1.54, 1.807) is 12.1 Å². The molecule has 1 fully saturated rings. The van der Waals surface area contributed by atoms with Gasteiger partial charge in [0, 0.05) is 11.3 Å². The molecule has 6 nitrogen and oxygen atoms in total. The standard InChI is InChI=1S/C15H21N3O3S/c1-15(2)12(14(20)21)18-10(22-15)8-17-13(19)11(16)9-6-4-3-5-7-9/h3-7,10-12,18H,8,16H2,1-2H3,(H,17,19)(H,20,21)/t10-,11?,12+/m0/s1. The number of thioether (sulfide) groups is 1. The van der Waals surface area contributed by atoms with Gasteiger partial charge in [0.15, 0.2) is 0 Å². The lowest BCUT2D eigenvalue weighted by atomic mass is 10.0. The number of rotatable bonds is 5. The van der Waals surface area contributed by atoms with Crippen molar-refractivity contribution in [1.82, 2.24) is 10.6 Å². The fourth-order valence-electron chi connectivity index (χ4n) is 2.44. The summed E-state index contributed by atoms with van der Waals surface area (Å²) in [5.74, 6) is -1.16. The number of carbonyl (C=O) groups is 2. The van der Waals surface area contributed by atoms with E-state index in [2.05, 4.69) is 10.6 Å². The van der Waals surface area contributed by atoms with Crippen LogP contribution in [-0.2, 0) is 9.59 Å². The lowest BCUT2D eigenvalue weighted by molar-refractivity contribution is -0.139. The first kappa shape index (κ1) is 16.8. The summed E-state index contributed by atoms with van der Waals surface area (Å²) in [6.45, 7) is 4.08. The molecule has 1 saturated heterocycles. The summed E-state index contributed by atoms with van der Waals surface area (Å²) in [4.78, 5) is 23.3. The highest BCUT2D eigenvalue weighted by Crippen LogP contribution is 2.37. The van der Waals surface area contributed by atoms with Crippen molar-refractivity contribution in [2.45, 2.75) is 36.1 Å². The van der Waals surface area contributed by atoms with E-state index >= 15 is 0 Å². The van der Waals surface area contributed by atoms with E-state index < -0.39 is 22.8 Å². The first-order chi connectivity index (χ1) is 10.3. The molecule has 1 amide bonds. The van der Waals surface area contributed by atoms with Crippen LogP contribution in [0, 0.1) is 0 Å². The Morgan fingerprint density at radius 1 is 1.41 bits per heavy atom. The lowest BCUT2D eigenvalue weighted by Crippen LogP contribution is -2.47. The molecule has 0 aliphatic carbocycles. The van der Waals surface area contributed by atoms with Crippen molar-refractivity contribution >= 4 is 23.6 Å². The Labute approximate surface area is 133 Å². The van der Waals surface area contributed by atoms with E-state index in [1.807, 2.05) is 32.0 Å². The minimum absolute atomic E-state index is 0.150. The number of benzene rings is 1. The van der Waals surface area contributed by atoms with Crippen molar-refractivity contribution in [3.05, 3.63) is 35.9 Å². The maximum Gasteiger partial charge on any atom is 0.322 e. The molecule has 0 aromatic heterocycles. The fraction of sp³-hybridized carbons (Fsp3) is 0.467. The number of carboxylic acid groups (broad SMARTS) is 1. The van der Waals surface area contributed by atoms with Gasteiger partial charge in [-0.15, -0.1) is 11.8 Å². The number of hydrogen-bond donors (Lipinski definition) is 4. The molecule has 22 heavy (non-hydrogen) atoms. The summed E-state index contributed by atoms with van der Waals surface area (Å²) in [5.41, 5.74) is 6.66. The van der Waals surface area contributed by atoms with Crippen LogP contribution in [0.5, 0.6) is 0 Å². The highest BCUT2D eigenvalue weighted by atomic mass is 32.2. The van der Waals surface area contributed by atoms with Crippen LogP contribution in [0.25, 0.3) is 0 Å². The van der Waals surface area contributed by atoms with E-state index in [4.69, 9.17) is 5.73 Å². The molecule has 1 heterocycles. The number of carboxylic acids is 1. The second-order valence-electron chi connectivity index (χ2n) is 5.78. The van der Waals surface area contributed by atoms with Crippen LogP contribution in [0.3, 0.4) is 0 Å². The van der Waals surface area contributed by atoms with Gasteiger partial charge in [-0.1, -0.05) is 30.3 Å². The predicted octanol–water partition coefficient (Wildman–Crippen LogP) is 0.697. The van der Waals surface area contributed by atoms with Crippen molar-refractivity contribution in [3.63, 3.8) is 0 Å². The molecule has 1 aliphatic heterocycles. The lowest BCUT2D eigenvalue weighted by Gasteiger charge is -2.20. The molecular weight excluding hydrogens is 302 g/mol. The summed E-state index contributed by atoms with van der Waals surface area (Å²) in [6, 6.07) is 7.76. The van der Waals surface area contributed by atoms with Crippen LogP contribution >= 0.6 is 11.8 Å². The molecule has 3 atom stereocenters. The van der Waals surface area contributed by atoms with Crippen molar-refractivity contribution < 1.29 is 14.7 Å². The van der Waals surface area contributed by atoms with Gasteiger partial charge in [0.25, 0.3) is 0 Å². The van der Waals surface area contributed by atoms with Gasteiger partial charge in [-0.3, -0.25) is 14.9 Å². The topological polar surface area (TPSA) is 104 Å². The van der Waals surface area contributed by atoms with Gasteiger partial charge in [-0.05, 0) is 19.4 Å². The van der Waals surface area contributed by atoms with Gasteiger partial charge in [0.1, 0.15) is 12.1 Å². The Kier molecular flexibility index (Phi) is 5.10. The highest BCUT2D eigenvalue weighted by molar-refractivity contribution is 8.01. The molecule has 1 aromatic carbocycles. The second-order valence-corrected chi connectivity index (χ2v) is 7.64. The van der Waals surface area contributed by atoms with Crippen LogP contribution < -0.4 is 16.4 Å². The zero-order chi connectivity index (χ0) is 16.3. The van der Waals surface area contributed by atoms with E-state index in [0.29, 0.717) is 6.54 Å². The third kappa shape index (κ3) is 3.79. The van der Waals surface area contributed by atoms with Crippen molar-refractivity contribution in [3.8, 4) is 0 Å². The van der Waals surface area contributed by atoms with E-state index in [0.717, 1.165) is 5.56 Å². The number of nitrogens with one attached hydrogen (secondary N) is 2. The molecule has 2 rings (SSSR count). The van der Waals surface area contributed by atoms with Gasteiger partial charge in [0.2, 0.25) is 5.91 Å². The van der Waals surface area contributed by atoms with Gasteiger partial charge in [0.05, 0.1) is 5.37 Å². The quantitative estimate of drug-likeness (QED) is 0.636. The molecule has 0 radical (unpaired) electrons. The normalized spacial score (nSPS) is 24.7. The number of nitrogens with two attached hydrogens (primary N) is 1. The molecule has 1 aliphatic rings. The minimum atomic E-state index is -0.882. The summed E-state index contributed by atoms with van der Waals surface area (Å²) in [7, 11) is 0. The summed E-state index contributed by atoms with van der Waals surface area (Å²) < 4.78 is -0.428. The largest absolute Gasteiger partial charge is 0.480 e. The average Bonchev–Trinajstić information content (AvgIpc) is 2.80. The van der Waals surface area contributed by atoms with Crippen LogP contribution in [0.15, 0.2) is 30.3 Å². The Balaban J connectivity index is 1.89. The van der Waals surface area contributed by atoms with Crippen molar-refractivity contribution in [2.24, 2.45) is 5.73 Å². The summed E-state index contributed by atoms with van der Waals surface area (Å²) in [5, 5.41) is 14.9. The molecule has 0 saturated carbocycles. The third-order valence-corrected chi connectivity index (χ3v) is 5.07. The number of hydrogen-bond acceptors (Lipinski definition) is 5. The van der Waals surface area contributed by atoms with Crippen molar-refractivity contribution in [1.29, 1.82) is 0 Å². The van der Waals surface area contributed by atoms with Gasteiger partial charge in [-0.25, -0.2) is 0 Å². The molecule has 0 spiro atoms. The Hall–Kier alpha value is -1.57. The molecule has 1 unspecified atom stereocenters. The van der Waals surface area contributed by atoms with Crippen LogP contribution in [0.4, 0.5) is 0 Å². The SMILES string of the molecule is CC1(C)S[C@@H](CNC(=O)C(N)c2ccccc2)N[C@@H]1C(=O)O. The van der Waals surface area contributed by atoms with E-state index in [1.165, 1.54) is 11.8 Å². The summed E-state index contributed by atoms with van der Waals surface area (Å²) >= 11 is 1.51. The maximum absolute atomic E-state index is 12.1. The van der Waals surface area contributed by atoms with Gasteiger partial charge >= 0.3 is 5.97 Å². The van der Waals surface area contributed by atoms with Gasteiger partial charge < -0.3 is 16.2 Å². The smallest absolute Gasteiger partial charge is 0.322 e. The Bertz CT molecular complexity index is 550. The second kappa shape index (κ2) is 6.68. The number of amides is 1. The summed E-state index contributed by atoms with van der Waals surface area (Å²) in [6.07, 6.45) is 0. The minimum Gasteiger partial charge on any atom is -0.480 e. The molecule has 120 valence electrons. The molecule has 0 bridgehead atoms. The number of carbonyl (C=O) groups excluding carboxylic acids is 1. The van der Waals surface area contributed by atoms with Crippen LogP contribution in [0.2, 0.25) is 0 Å². The fourth-order valence-corrected chi connectivity index (χ4v) is 3.85. The van der Waals surface area contributed by atoms with Crippen LogP contribution in [0.1, 0.15) is 25.5 Å². The Morgan fingerprint density at radius 2 is 2.05 bits per heavy atom. The average molecular weight is 323 g/mol. The zero-order valence-electron chi connectivity index (χ0n) is 12.6. The molecular formula is C15H21N3O3S. The number of aliphatic carboxylic acids is 1. The predicted molar refractivity (Wildman–Crippen MR) is 86.4 cm³/mol. The first-order valence-corrected chi connectivity index (χ1v) is 7.94. The van der Waals surface area contributed by atoms with Crippen LogP contribution in [-0.4, -0.2) is 39.7 Å².